The fourth-order valence-electron chi connectivity index (χ4n) is 2.70. The summed E-state index contributed by atoms with van der Waals surface area (Å²) in [5.41, 5.74) is 1.39. The third-order valence-corrected chi connectivity index (χ3v) is 3.76. The first-order chi connectivity index (χ1) is 9.39. The topological polar surface area (TPSA) is 17.1 Å². The summed E-state index contributed by atoms with van der Waals surface area (Å²) < 4.78 is 38.3. The molecule has 1 nitrogen and oxygen atoms in total. The van der Waals surface area contributed by atoms with Crippen molar-refractivity contribution >= 4 is 5.78 Å². The molecule has 0 heterocycles. The fourth-order valence-corrected chi connectivity index (χ4v) is 2.70. The molecule has 0 saturated heterocycles. The molecule has 4 heteroatoms. The number of halogens is 3. The van der Waals surface area contributed by atoms with Crippen molar-refractivity contribution in [1.29, 1.82) is 0 Å². The molecule has 0 bridgehead atoms. The largest absolute Gasteiger partial charge is 0.416 e. The summed E-state index contributed by atoms with van der Waals surface area (Å²) >= 11 is 0. The zero-order valence-electron chi connectivity index (χ0n) is 10.7. The lowest BCUT2D eigenvalue weighted by atomic mass is 9.78. The van der Waals surface area contributed by atoms with Gasteiger partial charge < -0.3 is 0 Å². The summed E-state index contributed by atoms with van der Waals surface area (Å²) in [5, 5.41) is 0. The third kappa shape index (κ3) is 1.83. The van der Waals surface area contributed by atoms with Crippen LogP contribution in [-0.4, -0.2) is 5.78 Å². The van der Waals surface area contributed by atoms with E-state index in [1.54, 1.807) is 12.1 Å². The van der Waals surface area contributed by atoms with Crippen LogP contribution in [0.15, 0.2) is 42.5 Å². The number of carbonyl (C=O) groups excluding carboxylic acids is 1. The summed E-state index contributed by atoms with van der Waals surface area (Å²) in [7, 11) is 0. The quantitative estimate of drug-likeness (QED) is 0.697. The Kier molecular flexibility index (Phi) is 2.71. The summed E-state index contributed by atoms with van der Waals surface area (Å²) in [6.07, 6.45) is -4.44. The molecule has 0 fully saturated rings. The zero-order chi connectivity index (χ0) is 14.5. The molecule has 20 heavy (non-hydrogen) atoms. The van der Waals surface area contributed by atoms with Crippen LogP contribution in [0.4, 0.5) is 13.2 Å². The van der Waals surface area contributed by atoms with Crippen molar-refractivity contribution < 1.29 is 18.0 Å². The van der Waals surface area contributed by atoms with Gasteiger partial charge in [0.1, 0.15) is 0 Å². The molecular formula is C16H11F3O. The van der Waals surface area contributed by atoms with E-state index in [1.807, 2.05) is 19.1 Å². The maximum atomic E-state index is 12.8. The van der Waals surface area contributed by atoms with Gasteiger partial charge in [-0.05, 0) is 23.3 Å². The van der Waals surface area contributed by atoms with Gasteiger partial charge in [-0.3, -0.25) is 4.79 Å². The first-order valence-corrected chi connectivity index (χ1v) is 6.24. The average Bonchev–Trinajstić information content (AvgIpc) is 2.43. The molecule has 2 aromatic rings. The first kappa shape index (κ1) is 12.9. The summed E-state index contributed by atoms with van der Waals surface area (Å²) in [6, 6.07) is 10.5. The van der Waals surface area contributed by atoms with E-state index < -0.39 is 11.7 Å². The lowest BCUT2D eigenvalue weighted by Crippen LogP contribution is -2.19. The SMILES string of the molecule is CC1c2ccccc2C(=O)c2cc(C(F)(F)F)ccc21. The Labute approximate surface area is 114 Å². The van der Waals surface area contributed by atoms with Crippen molar-refractivity contribution in [2.45, 2.75) is 19.0 Å². The Morgan fingerprint density at radius 3 is 2.30 bits per heavy atom. The van der Waals surface area contributed by atoms with E-state index in [0.717, 1.165) is 17.7 Å². The summed E-state index contributed by atoms with van der Waals surface area (Å²) in [6.45, 7) is 1.90. The Hall–Kier alpha value is -2.10. The van der Waals surface area contributed by atoms with Crippen molar-refractivity contribution in [3.05, 3.63) is 70.3 Å². The monoisotopic (exact) mass is 276 g/mol. The minimum Gasteiger partial charge on any atom is -0.289 e. The van der Waals surface area contributed by atoms with Crippen molar-refractivity contribution in [3.8, 4) is 0 Å². The second-order valence-corrected chi connectivity index (χ2v) is 4.94. The van der Waals surface area contributed by atoms with E-state index >= 15 is 0 Å². The highest BCUT2D eigenvalue weighted by atomic mass is 19.4. The molecule has 0 aliphatic heterocycles. The van der Waals surface area contributed by atoms with Crippen LogP contribution in [-0.2, 0) is 6.18 Å². The third-order valence-electron chi connectivity index (χ3n) is 3.76. The van der Waals surface area contributed by atoms with Gasteiger partial charge in [-0.2, -0.15) is 13.2 Å². The number of alkyl halides is 3. The van der Waals surface area contributed by atoms with Gasteiger partial charge in [-0.25, -0.2) is 0 Å². The molecule has 102 valence electrons. The molecule has 0 radical (unpaired) electrons. The van der Waals surface area contributed by atoms with Crippen LogP contribution >= 0.6 is 0 Å². The molecule has 2 aromatic carbocycles. The van der Waals surface area contributed by atoms with Gasteiger partial charge in [0.15, 0.2) is 5.78 Å². The van der Waals surface area contributed by atoms with Crippen LogP contribution in [0.1, 0.15) is 45.5 Å². The van der Waals surface area contributed by atoms with Crippen molar-refractivity contribution in [3.63, 3.8) is 0 Å². The van der Waals surface area contributed by atoms with E-state index in [4.69, 9.17) is 0 Å². The molecule has 0 spiro atoms. The van der Waals surface area contributed by atoms with E-state index in [9.17, 15) is 18.0 Å². The molecule has 0 N–H and O–H groups in total. The summed E-state index contributed by atoms with van der Waals surface area (Å²) in [5.74, 6) is -0.416. The van der Waals surface area contributed by atoms with E-state index in [0.29, 0.717) is 11.1 Å². The Bertz CT molecular complexity index is 701. The van der Waals surface area contributed by atoms with Crippen LogP contribution in [0.3, 0.4) is 0 Å². The van der Waals surface area contributed by atoms with Gasteiger partial charge in [0.05, 0.1) is 5.56 Å². The van der Waals surface area contributed by atoms with E-state index in [1.165, 1.54) is 6.07 Å². The standard InChI is InChI=1S/C16H11F3O/c1-9-11-4-2-3-5-13(11)15(20)14-8-10(16(17,18)19)6-7-12(9)14/h2-9H,1H3. The molecule has 1 aliphatic carbocycles. The highest BCUT2D eigenvalue weighted by Crippen LogP contribution is 2.39. The van der Waals surface area contributed by atoms with Crippen LogP contribution in [0, 0.1) is 0 Å². The highest BCUT2D eigenvalue weighted by molar-refractivity contribution is 6.12. The highest BCUT2D eigenvalue weighted by Gasteiger charge is 2.34. The molecule has 1 atom stereocenters. The smallest absolute Gasteiger partial charge is 0.289 e. The molecule has 3 rings (SSSR count). The van der Waals surface area contributed by atoms with Gasteiger partial charge in [0.2, 0.25) is 0 Å². The molecule has 0 aromatic heterocycles. The zero-order valence-corrected chi connectivity index (χ0v) is 10.7. The second-order valence-electron chi connectivity index (χ2n) is 4.94. The van der Waals surface area contributed by atoms with Crippen molar-refractivity contribution in [2.24, 2.45) is 0 Å². The lowest BCUT2D eigenvalue weighted by molar-refractivity contribution is -0.137. The van der Waals surface area contributed by atoms with Gasteiger partial charge in [0.25, 0.3) is 0 Å². The number of rotatable bonds is 0. The average molecular weight is 276 g/mol. The van der Waals surface area contributed by atoms with Crippen LogP contribution in [0.25, 0.3) is 0 Å². The molecule has 1 aliphatic rings. The summed E-state index contributed by atoms with van der Waals surface area (Å²) in [4.78, 5) is 12.4. The lowest BCUT2D eigenvalue weighted by Gasteiger charge is -2.25. The molecule has 0 saturated carbocycles. The maximum absolute atomic E-state index is 12.8. The predicted molar refractivity (Wildman–Crippen MR) is 68.8 cm³/mol. The number of fused-ring (bicyclic) bond motifs is 2. The second kappa shape index (κ2) is 4.20. The maximum Gasteiger partial charge on any atom is 0.416 e. The van der Waals surface area contributed by atoms with Gasteiger partial charge >= 0.3 is 6.18 Å². The fraction of sp³-hybridized carbons (Fsp3) is 0.188. The number of ketones is 1. The Balaban J connectivity index is 2.21. The minimum atomic E-state index is -4.44. The normalized spacial score (nSPS) is 17.6. The molecule has 1 unspecified atom stereocenters. The van der Waals surface area contributed by atoms with Crippen molar-refractivity contribution in [1.82, 2.24) is 0 Å². The van der Waals surface area contributed by atoms with E-state index in [2.05, 4.69) is 0 Å². The van der Waals surface area contributed by atoms with Crippen LogP contribution in [0.5, 0.6) is 0 Å². The predicted octanol–water partition coefficient (Wildman–Crippen LogP) is 4.40. The minimum absolute atomic E-state index is 0.0822. The van der Waals surface area contributed by atoms with Crippen LogP contribution < -0.4 is 0 Å². The number of carbonyl (C=O) groups is 1. The number of benzene rings is 2. The van der Waals surface area contributed by atoms with Gasteiger partial charge in [-0.1, -0.05) is 37.3 Å². The van der Waals surface area contributed by atoms with Crippen molar-refractivity contribution in [2.75, 3.05) is 0 Å². The van der Waals surface area contributed by atoms with Crippen LogP contribution in [0.2, 0.25) is 0 Å². The van der Waals surface area contributed by atoms with Gasteiger partial charge in [0, 0.05) is 17.0 Å². The molecule has 0 amide bonds. The number of hydrogen-bond acceptors (Lipinski definition) is 1. The Morgan fingerprint density at radius 1 is 0.950 bits per heavy atom. The van der Waals surface area contributed by atoms with Gasteiger partial charge in [-0.15, -0.1) is 0 Å². The number of hydrogen-bond donors (Lipinski definition) is 0. The van der Waals surface area contributed by atoms with E-state index in [-0.39, 0.29) is 17.3 Å². The first-order valence-electron chi connectivity index (χ1n) is 6.24. The molecular weight excluding hydrogens is 265 g/mol. The Morgan fingerprint density at radius 2 is 1.60 bits per heavy atom.